The van der Waals surface area contributed by atoms with Gasteiger partial charge in [-0.1, -0.05) is 6.07 Å². The number of nitrogens with zero attached hydrogens (tertiary/aromatic N) is 1. The molecule has 0 spiro atoms. The molecule has 1 fully saturated rings. The maximum Gasteiger partial charge on any atom is 0.178 e. The average molecular weight is 312 g/mol. The summed E-state index contributed by atoms with van der Waals surface area (Å²) in [6.45, 7) is 0. The summed E-state index contributed by atoms with van der Waals surface area (Å²) in [6.07, 6.45) is 1.22. The van der Waals surface area contributed by atoms with E-state index >= 15 is 0 Å². The summed E-state index contributed by atoms with van der Waals surface area (Å²) < 4.78 is 31.1. The van der Waals surface area contributed by atoms with Crippen molar-refractivity contribution in [2.75, 3.05) is 18.6 Å². The van der Waals surface area contributed by atoms with Crippen LogP contribution in [0.5, 0.6) is 5.75 Å². The Hall–Kier alpha value is -1.34. The van der Waals surface area contributed by atoms with E-state index < -0.39 is 9.84 Å². The van der Waals surface area contributed by atoms with Crippen LogP contribution in [0.25, 0.3) is 11.0 Å². The molecule has 0 radical (unpaired) electrons. The number of sulfone groups is 1. The summed E-state index contributed by atoms with van der Waals surface area (Å²) in [5.41, 5.74) is 1.84. The molecule has 0 bridgehead atoms. The van der Waals surface area contributed by atoms with Crippen LogP contribution in [-0.2, 0) is 9.84 Å². The maximum atomic E-state index is 11.6. The lowest BCUT2D eigenvalue weighted by molar-refractivity contribution is 0.419. The zero-order chi connectivity index (χ0) is 14.3. The third-order valence-electron chi connectivity index (χ3n) is 3.82. The van der Waals surface area contributed by atoms with Crippen LogP contribution in [0.4, 0.5) is 0 Å². The molecule has 1 aliphatic rings. The van der Waals surface area contributed by atoms with E-state index in [-0.39, 0.29) is 17.5 Å². The van der Waals surface area contributed by atoms with E-state index in [1.807, 2.05) is 22.8 Å². The van der Waals surface area contributed by atoms with Crippen molar-refractivity contribution in [2.45, 2.75) is 18.9 Å². The molecule has 0 atom stereocenters. The fourth-order valence-corrected chi connectivity index (χ4v) is 4.61. The number of para-hydroxylation sites is 1. The minimum atomic E-state index is -2.87. The van der Waals surface area contributed by atoms with Crippen LogP contribution < -0.4 is 4.74 Å². The number of H-pyrrole nitrogens is 1. The first kappa shape index (κ1) is 13.6. The summed E-state index contributed by atoms with van der Waals surface area (Å²) >= 11 is 5.40. The van der Waals surface area contributed by atoms with Gasteiger partial charge >= 0.3 is 0 Å². The lowest BCUT2D eigenvalue weighted by atomic mass is 10.1. The summed E-state index contributed by atoms with van der Waals surface area (Å²) in [7, 11) is -1.25. The second-order valence-corrected chi connectivity index (χ2v) is 7.73. The van der Waals surface area contributed by atoms with Crippen LogP contribution in [0.2, 0.25) is 0 Å². The van der Waals surface area contributed by atoms with E-state index in [2.05, 4.69) is 4.98 Å². The molecule has 7 heteroatoms. The molecular weight excluding hydrogens is 296 g/mol. The number of rotatable bonds is 2. The Labute approximate surface area is 122 Å². The van der Waals surface area contributed by atoms with Crippen molar-refractivity contribution in [2.24, 2.45) is 0 Å². The maximum absolute atomic E-state index is 11.6. The third-order valence-corrected chi connectivity index (χ3v) is 5.84. The van der Waals surface area contributed by atoms with Crippen molar-refractivity contribution >= 4 is 33.1 Å². The Morgan fingerprint density at radius 3 is 2.70 bits per heavy atom. The number of nitrogens with one attached hydrogen (secondary N) is 1. The number of aromatic amines is 1. The van der Waals surface area contributed by atoms with Gasteiger partial charge in [-0.15, -0.1) is 0 Å². The van der Waals surface area contributed by atoms with Gasteiger partial charge in [-0.25, -0.2) is 8.42 Å². The molecule has 108 valence electrons. The van der Waals surface area contributed by atoms with Gasteiger partial charge in [0.05, 0.1) is 24.1 Å². The molecule has 1 aromatic carbocycles. The number of hydrogen-bond acceptors (Lipinski definition) is 4. The highest BCUT2D eigenvalue weighted by Crippen LogP contribution is 2.31. The van der Waals surface area contributed by atoms with Crippen molar-refractivity contribution in [1.29, 1.82) is 0 Å². The first-order valence-electron chi connectivity index (χ1n) is 6.49. The van der Waals surface area contributed by atoms with Crippen molar-refractivity contribution < 1.29 is 13.2 Å². The molecule has 0 aliphatic carbocycles. The standard InChI is InChI=1S/C13H16N2O3S2/c1-18-11-4-2-3-10-12(11)14-13(19)15(10)9-5-7-20(16,17)8-6-9/h2-4,9H,5-8H2,1H3,(H,14,19). The predicted octanol–water partition coefficient (Wildman–Crippen LogP) is 2.46. The number of imidazole rings is 1. The first-order valence-corrected chi connectivity index (χ1v) is 8.72. The normalized spacial score (nSPS) is 19.2. The summed E-state index contributed by atoms with van der Waals surface area (Å²) in [5.74, 6) is 1.21. The predicted molar refractivity (Wildman–Crippen MR) is 80.6 cm³/mol. The molecule has 5 nitrogen and oxygen atoms in total. The lowest BCUT2D eigenvalue weighted by Crippen LogP contribution is -2.25. The van der Waals surface area contributed by atoms with Gasteiger partial charge in [-0.05, 0) is 37.2 Å². The smallest absolute Gasteiger partial charge is 0.178 e. The van der Waals surface area contributed by atoms with Gasteiger partial charge in [0.1, 0.15) is 21.1 Å². The molecule has 0 unspecified atom stereocenters. The average Bonchev–Trinajstić information content (AvgIpc) is 2.75. The largest absolute Gasteiger partial charge is 0.494 e. The van der Waals surface area contributed by atoms with Crippen LogP contribution in [0.3, 0.4) is 0 Å². The van der Waals surface area contributed by atoms with E-state index in [4.69, 9.17) is 17.0 Å². The Morgan fingerprint density at radius 2 is 2.05 bits per heavy atom. The van der Waals surface area contributed by atoms with E-state index in [1.165, 1.54) is 0 Å². The zero-order valence-electron chi connectivity index (χ0n) is 11.1. The number of fused-ring (bicyclic) bond motifs is 1. The lowest BCUT2D eigenvalue weighted by Gasteiger charge is -2.23. The van der Waals surface area contributed by atoms with Gasteiger partial charge in [-0.3, -0.25) is 0 Å². The number of ether oxygens (including phenoxy) is 1. The van der Waals surface area contributed by atoms with Crippen LogP contribution in [0.15, 0.2) is 18.2 Å². The third kappa shape index (κ3) is 2.25. The molecule has 2 aromatic rings. The summed E-state index contributed by atoms with van der Waals surface area (Å²) in [4.78, 5) is 3.17. The van der Waals surface area contributed by atoms with Gasteiger partial charge in [0.15, 0.2) is 4.77 Å². The van der Waals surface area contributed by atoms with E-state index in [9.17, 15) is 8.42 Å². The second-order valence-electron chi connectivity index (χ2n) is 5.04. The minimum absolute atomic E-state index is 0.131. The number of methoxy groups -OCH3 is 1. The number of benzene rings is 1. The number of aromatic nitrogens is 2. The Morgan fingerprint density at radius 1 is 1.35 bits per heavy atom. The van der Waals surface area contributed by atoms with Crippen molar-refractivity contribution in [3.63, 3.8) is 0 Å². The van der Waals surface area contributed by atoms with Crippen molar-refractivity contribution in [3.05, 3.63) is 23.0 Å². The van der Waals surface area contributed by atoms with Crippen LogP contribution in [0.1, 0.15) is 18.9 Å². The fourth-order valence-electron chi connectivity index (χ4n) is 2.79. The second kappa shape index (κ2) is 4.89. The molecule has 2 heterocycles. The van der Waals surface area contributed by atoms with E-state index in [1.54, 1.807) is 7.11 Å². The molecule has 3 rings (SSSR count). The minimum Gasteiger partial charge on any atom is -0.494 e. The van der Waals surface area contributed by atoms with Gasteiger partial charge in [0.2, 0.25) is 0 Å². The zero-order valence-corrected chi connectivity index (χ0v) is 12.8. The van der Waals surface area contributed by atoms with Crippen molar-refractivity contribution in [3.8, 4) is 5.75 Å². The van der Waals surface area contributed by atoms with Crippen LogP contribution in [0, 0.1) is 4.77 Å². The molecule has 1 aliphatic heterocycles. The molecule has 1 saturated heterocycles. The summed E-state index contributed by atoms with van der Waals surface area (Å²) in [5, 5.41) is 0. The number of hydrogen-bond donors (Lipinski definition) is 1. The van der Waals surface area contributed by atoms with Gasteiger partial charge in [-0.2, -0.15) is 0 Å². The Balaban J connectivity index is 2.09. The monoisotopic (exact) mass is 312 g/mol. The SMILES string of the molecule is COc1cccc2c1[nH]c(=S)n2C1CCS(=O)(=O)CC1. The summed E-state index contributed by atoms with van der Waals surface area (Å²) in [6, 6.07) is 5.91. The van der Waals surface area contributed by atoms with Crippen molar-refractivity contribution in [1.82, 2.24) is 9.55 Å². The topological polar surface area (TPSA) is 64.1 Å². The van der Waals surface area contributed by atoms with E-state index in [0.29, 0.717) is 17.6 Å². The van der Waals surface area contributed by atoms with Gasteiger partial charge in [0.25, 0.3) is 0 Å². The van der Waals surface area contributed by atoms with Crippen LogP contribution in [-0.4, -0.2) is 36.6 Å². The van der Waals surface area contributed by atoms with Gasteiger partial charge < -0.3 is 14.3 Å². The molecule has 0 amide bonds. The fraction of sp³-hybridized carbons (Fsp3) is 0.462. The highest BCUT2D eigenvalue weighted by molar-refractivity contribution is 7.91. The molecular formula is C13H16N2O3S2. The molecule has 1 aromatic heterocycles. The quantitative estimate of drug-likeness (QED) is 0.865. The Kier molecular flexibility index (Phi) is 3.33. The van der Waals surface area contributed by atoms with Gasteiger partial charge in [0, 0.05) is 6.04 Å². The molecule has 1 N–H and O–H groups in total. The van der Waals surface area contributed by atoms with E-state index in [0.717, 1.165) is 16.8 Å². The highest BCUT2D eigenvalue weighted by atomic mass is 32.2. The molecule has 20 heavy (non-hydrogen) atoms. The highest BCUT2D eigenvalue weighted by Gasteiger charge is 2.26. The van der Waals surface area contributed by atoms with Crippen LogP contribution >= 0.6 is 12.2 Å². The first-order chi connectivity index (χ1) is 9.52. The molecule has 0 saturated carbocycles. The Bertz CT molecular complexity index is 791.